The van der Waals surface area contributed by atoms with E-state index >= 15 is 0 Å². The van der Waals surface area contributed by atoms with Crippen LogP contribution in [0.1, 0.15) is 11.1 Å². The number of rotatable bonds is 4. The van der Waals surface area contributed by atoms with Gasteiger partial charge in [0.2, 0.25) is 5.91 Å². The highest BCUT2D eigenvalue weighted by Crippen LogP contribution is 2.19. The number of aromatic nitrogens is 2. The Bertz CT molecular complexity index is 535. The minimum atomic E-state index is -0.0924. The van der Waals surface area contributed by atoms with Gasteiger partial charge >= 0.3 is 0 Å². The van der Waals surface area contributed by atoms with Crippen molar-refractivity contribution in [1.29, 1.82) is 0 Å². The lowest BCUT2D eigenvalue weighted by molar-refractivity contribution is -0.115. The molecule has 1 heterocycles. The van der Waals surface area contributed by atoms with Crippen LogP contribution in [0.5, 0.6) is 5.75 Å². The second-order valence-corrected chi connectivity index (χ2v) is 4.00. The van der Waals surface area contributed by atoms with Gasteiger partial charge in [-0.1, -0.05) is 12.1 Å². The van der Waals surface area contributed by atoms with Crippen LogP contribution < -0.4 is 10.1 Å². The molecule has 2 aromatic rings. The highest BCUT2D eigenvalue weighted by atomic mass is 16.5. The first-order chi connectivity index (χ1) is 8.69. The number of ether oxygens (including phenoxy) is 1. The highest BCUT2D eigenvalue weighted by Gasteiger charge is 2.07. The summed E-state index contributed by atoms with van der Waals surface area (Å²) in [7, 11) is 1.62. The fourth-order valence-electron chi connectivity index (χ4n) is 1.68. The summed E-state index contributed by atoms with van der Waals surface area (Å²) >= 11 is 0. The molecule has 5 heteroatoms. The van der Waals surface area contributed by atoms with Crippen molar-refractivity contribution >= 4 is 11.7 Å². The topological polar surface area (TPSA) is 67.0 Å². The fourth-order valence-corrected chi connectivity index (χ4v) is 1.68. The fraction of sp³-hybridized carbons (Fsp3) is 0.231. The van der Waals surface area contributed by atoms with Crippen LogP contribution in [0.4, 0.5) is 5.82 Å². The maximum Gasteiger partial charge on any atom is 0.229 e. The lowest BCUT2D eigenvalue weighted by Gasteiger charge is -2.07. The summed E-state index contributed by atoms with van der Waals surface area (Å²) in [6, 6.07) is 7.44. The Morgan fingerprint density at radius 1 is 1.44 bits per heavy atom. The molecule has 0 aliphatic heterocycles. The number of amides is 1. The van der Waals surface area contributed by atoms with Gasteiger partial charge in [0.05, 0.1) is 19.7 Å². The van der Waals surface area contributed by atoms with Crippen molar-refractivity contribution in [3.05, 3.63) is 41.6 Å². The van der Waals surface area contributed by atoms with Gasteiger partial charge in [0.1, 0.15) is 11.6 Å². The molecular formula is C13H15N3O2. The first kappa shape index (κ1) is 12.2. The van der Waals surface area contributed by atoms with Crippen molar-refractivity contribution in [3.8, 4) is 5.75 Å². The maximum atomic E-state index is 11.8. The van der Waals surface area contributed by atoms with Gasteiger partial charge < -0.3 is 10.1 Å². The molecule has 2 N–H and O–H groups in total. The zero-order chi connectivity index (χ0) is 13.0. The van der Waals surface area contributed by atoms with Gasteiger partial charge in [-0.15, -0.1) is 0 Å². The molecule has 18 heavy (non-hydrogen) atoms. The van der Waals surface area contributed by atoms with E-state index in [1.807, 2.05) is 25.1 Å². The Kier molecular flexibility index (Phi) is 3.62. The van der Waals surface area contributed by atoms with Crippen molar-refractivity contribution < 1.29 is 9.53 Å². The second kappa shape index (κ2) is 5.35. The van der Waals surface area contributed by atoms with E-state index in [9.17, 15) is 4.79 Å². The molecule has 0 fully saturated rings. The molecule has 5 nitrogen and oxygen atoms in total. The van der Waals surface area contributed by atoms with Gasteiger partial charge in [0, 0.05) is 6.07 Å². The summed E-state index contributed by atoms with van der Waals surface area (Å²) in [5.41, 5.74) is 1.96. The summed E-state index contributed by atoms with van der Waals surface area (Å²) in [6.07, 6.45) is 1.89. The van der Waals surface area contributed by atoms with Crippen LogP contribution >= 0.6 is 0 Å². The molecule has 0 saturated carbocycles. The van der Waals surface area contributed by atoms with Gasteiger partial charge in [0.15, 0.2) is 0 Å². The number of aryl methyl sites for hydroxylation is 1. The third-order valence-electron chi connectivity index (χ3n) is 2.61. The van der Waals surface area contributed by atoms with Crippen molar-refractivity contribution in [1.82, 2.24) is 10.2 Å². The number of anilines is 1. The van der Waals surface area contributed by atoms with Gasteiger partial charge in [-0.05, 0) is 24.1 Å². The second-order valence-electron chi connectivity index (χ2n) is 4.00. The Labute approximate surface area is 105 Å². The third-order valence-corrected chi connectivity index (χ3v) is 2.61. The van der Waals surface area contributed by atoms with Gasteiger partial charge in [0.25, 0.3) is 0 Å². The quantitative estimate of drug-likeness (QED) is 0.864. The van der Waals surface area contributed by atoms with Crippen molar-refractivity contribution in [2.24, 2.45) is 0 Å². The average Bonchev–Trinajstić information content (AvgIpc) is 2.84. The molecule has 0 atom stereocenters. The summed E-state index contributed by atoms with van der Waals surface area (Å²) in [6.45, 7) is 1.97. The predicted molar refractivity (Wildman–Crippen MR) is 68.7 cm³/mol. The number of benzene rings is 1. The van der Waals surface area contributed by atoms with Gasteiger partial charge in [-0.2, -0.15) is 5.10 Å². The number of carbonyl (C=O) groups is 1. The van der Waals surface area contributed by atoms with Gasteiger partial charge in [-0.3, -0.25) is 9.89 Å². The van der Waals surface area contributed by atoms with Crippen LogP contribution in [-0.2, 0) is 11.2 Å². The molecule has 0 bridgehead atoms. The van der Waals surface area contributed by atoms with E-state index in [0.29, 0.717) is 12.2 Å². The van der Waals surface area contributed by atoms with Gasteiger partial charge in [-0.25, -0.2) is 0 Å². The zero-order valence-corrected chi connectivity index (χ0v) is 10.4. The molecule has 0 radical (unpaired) electrons. The monoisotopic (exact) mass is 245 g/mol. The van der Waals surface area contributed by atoms with E-state index in [-0.39, 0.29) is 5.91 Å². The third kappa shape index (κ3) is 2.88. The number of aromatic amines is 1. The summed E-state index contributed by atoms with van der Waals surface area (Å²) in [5, 5.41) is 9.17. The van der Waals surface area contributed by atoms with Crippen LogP contribution in [0.3, 0.4) is 0 Å². The number of hydrogen-bond donors (Lipinski definition) is 2. The normalized spacial score (nSPS) is 10.1. The number of H-pyrrole nitrogens is 1. The molecule has 0 unspecified atom stereocenters. The lowest BCUT2D eigenvalue weighted by atomic mass is 10.1. The Hall–Kier alpha value is -2.30. The van der Waals surface area contributed by atoms with Crippen molar-refractivity contribution in [2.45, 2.75) is 13.3 Å². The number of carbonyl (C=O) groups excluding carboxylic acids is 1. The Balaban J connectivity index is 2.03. The van der Waals surface area contributed by atoms with Crippen LogP contribution in [0, 0.1) is 6.92 Å². The SMILES string of the molecule is COc1cc(CC(=O)Nc2ccn[nH]2)ccc1C. The highest BCUT2D eigenvalue weighted by molar-refractivity contribution is 5.91. The smallest absolute Gasteiger partial charge is 0.229 e. The van der Waals surface area contributed by atoms with E-state index in [4.69, 9.17) is 4.74 Å². The molecule has 1 aromatic carbocycles. The first-order valence-electron chi connectivity index (χ1n) is 5.62. The molecule has 1 aromatic heterocycles. The first-order valence-corrected chi connectivity index (χ1v) is 5.62. The molecule has 0 aliphatic rings. The molecular weight excluding hydrogens is 230 g/mol. The molecule has 1 amide bonds. The Morgan fingerprint density at radius 3 is 2.94 bits per heavy atom. The summed E-state index contributed by atoms with van der Waals surface area (Å²) < 4.78 is 5.23. The number of nitrogens with zero attached hydrogens (tertiary/aromatic N) is 1. The molecule has 94 valence electrons. The average molecular weight is 245 g/mol. The predicted octanol–water partition coefficient (Wildman–Crippen LogP) is 1.91. The molecule has 0 aliphatic carbocycles. The minimum absolute atomic E-state index is 0.0924. The number of hydrogen-bond acceptors (Lipinski definition) is 3. The largest absolute Gasteiger partial charge is 0.496 e. The van der Waals surface area contributed by atoms with Crippen molar-refractivity contribution in [2.75, 3.05) is 12.4 Å². The standard InChI is InChI=1S/C13H15N3O2/c1-9-3-4-10(7-11(9)18-2)8-13(17)15-12-5-6-14-16-12/h3-7H,8H2,1-2H3,(H2,14,15,16,17). The lowest BCUT2D eigenvalue weighted by Crippen LogP contribution is -2.14. The number of methoxy groups -OCH3 is 1. The van der Waals surface area contributed by atoms with Crippen LogP contribution in [0.15, 0.2) is 30.5 Å². The van der Waals surface area contributed by atoms with E-state index in [0.717, 1.165) is 16.9 Å². The van der Waals surface area contributed by atoms with E-state index < -0.39 is 0 Å². The van der Waals surface area contributed by atoms with Crippen LogP contribution in [0.2, 0.25) is 0 Å². The van der Waals surface area contributed by atoms with E-state index in [1.54, 1.807) is 19.4 Å². The molecule has 0 spiro atoms. The molecule has 2 rings (SSSR count). The van der Waals surface area contributed by atoms with Crippen molar-refractivity contribution in [3.63, 3.8) is 0 Å². The molecule has 0 saturated heterocycles. The minimum Gasteiger partial charge on any atom is -0.496 e. The summed E-state index contributed by atoms with van der Waals surface area (Å²) in [5.74, 6) is 1.30. The number of nitrogens with one attached hydrogen (secondary N) is 2. The zero-order valence-electron chi connectivity index (χ0n) is 10.4. The van der Waals surface area contributed by atoms with E-state index in [1.165, 1.54) is 0 Å². The summed E-state index contributed by atoms with van der Waals surface area (Å²) in [4.78, 5) is 11.8. The van der Waals surface area contributed by atoms with E-state index in [2.05, 4.69) is 15.5 Å². The Morgan fingerprint density at radius 2 is 2.28 bits per heavy atom. The maximum absolute atomic E-state index is 11.8. The van der Waals surface area contributed by atoms with Crippen LogP contribution in [-0.4, -0.2) is 23.2 Å². The van der Waals surface area contributed by atoms with Crippen LogP contribution in [0.25, 0.3) is 0 Å².